The Labute approximate surface area is 109 Å². The number of hydrogen-bond acceptors (Lipinski definition) is 3. The fraction of sp³-hybridized carbons (Fsp3) is 0.500. The van der Waals surface area contributed by atoms with Crippen molar-refractivity contribution in [2.24, 2.45) is 0 Å². The van der Waals surface area contributed by atoms with E-state index in [0.717, 1.165) is 26.1 Å². The van der Waals surface area contributed by atoms with Gasteiger partial charge in [0, 0.05) is 12.1 Å². The first-order valence-electron chi connectivity index (χ1n) is 6.47. The lowest BCUT2D eigenvalue weighted by atomic mass is 10.2. The molecule has 0 aliphatic carbocycles. The van der Waals surface area contributed by atoms with Gasteiger partial charge in [-0.05, 0) is 44.3 Å². The topological polar surface area (TPSA) is 52.6 Å². The molecule has 1 aromatic carbocycles. The van der Waals surface area contributed by atoms with Crippen LogP contribution in [-0.2, 0) is 0 Å². The third-order valence-electron chi connectivity index (χ3n) is 2.94. The van der Waals surface area contributed by atoms with Crippen molar-refractivity contribution in [1.82, 2.24) is 10.2 Å². The van der Waals surface area contributed by atoms with Gasteiger partial charge in [0.05, 0.1) is 0 Å². The normalized spacial score (nSPS) is 10.6. The zero-order chi connectivity index (χ0) is 13.4. The molecule has 0 bridgehead atoms. The number of phenols is 1. The molecule has 0 aliphatic rings. The Morgan fingerprint density at radius 1 is 1.33 bits per heavy atom. The Kier molecular flexibility index (Phi) is 6.22. The molecule has 0 saturated heterocycles. The monoisotopic (exact) mass is 250 g/mol. The average Bonchev–Trinajstić information content (AvgIpc) is 2.38. The van der Waals surface area contributed by atoms with E-state index in [1.165, 1.54) is 6.07 Å². The highest BCUT2D eigenvalue weighted by Crippen LogP contribution is 2.10. The molecule has 0 fully saturated rings. The number of hydrogen-bond donors (Lipinski definition) is 2. The second-order valence-corrected chi connectivity index (χ2v) is 4.19. The van der Waals surface area contributed by atoms with Gasteiger partial charge in [0.25, 0.3) is 5.91 Å². The van der Waals surface area contributed by atoms with Crippen molar-refractivity contribution in [2.75, 3.05) is 26.2 Å². The van der Waals surface area contributed by atoms with Gasteiger partial charge >= 0.3 is 0 Å². The lowest BCUT2D eigenvalue weighted by Gasteiger charge is -2.17. The fourth-order valence-electron chi connectivity index (χ4n) is 1.79. The van der Waals surface area contributed by atoms with Gasteiger partial charge in [-0.15, -0.1) is 0 Å². The largest absolute Gasteiger partial charge is 0.508 e. The molecular formula is C14H22N2O2. The molecule has 0 saturated carbocycles. The van der Waals surface area contributed by atoms with Gasteiger partial charge < -0.3 is 15.3 Å². The van der Waals surface area contributed by atoms with Gasteiger partial charge in [-0.3, -0.25) is 4.79 Å². The van der Waals surface area contributed by atoms with Crippen LogP contribution in [0.1, 0.15) is 30.6 Å². The SMILES string of the molecule is CCN(CC)CCCNC(=O)c1cccc(O)c1. The molecule has 4 nitrogen and oxygen atoms in total. The maximum atomic E-state index is 11.7. The molecule has 1 amide bonds. The van der Waals surface area contributed by atoms with Crippen molar-refractivity contribution >= 4 is 5.91 Å². The summed E-state index contributed by atoms with van der Waals surface area (Å²) in [7, 11) is 0. The van der Waals surface area contributed by atoms with E-state index in [2.05, 4.69) is 24.1 Å². The smallest absolute Gasteiger partial charge is 0.251 e. The quantitative estimate of drug-likeness (QED) is 0.726. The van der Waals surface area contributed by atoms with Crippen molar-refractivity contribution in [1.29, 1.82) is 0 Å². The molecule has 1 rings (SSSR count). The molecule has 0 spiro atoms. The maximum absolute atomic E-state index is 11.7. The van der Waals surface area contributed by atoms with Crippen LogP contribution in [0.3, 0.4) is 0 Å². The van der Waals surface area contributed by atoms with Crippen molar-refractivity contribution in [3.05, 3.63) is 29.8 Å². The van der Waals surface area contributed by atoms with E-state index < -0.39 is 0 Å². The number of carbonyl (C=O) groups excluding carboxylic acids is 1. The Hall–Kier alpha value is -1.55. The van der Waals surface area contributed by atoms with E-state index in [0.29, 0.717) is 12.1 Å². The standard InChI is InChI=1S/C14H22N2O2/c1-3-16(4-2)10-6-9-15-14(18)12-7-5-8-13(17)11-12/h5,7-8,11,17H,3-4,6,9-10H2,1-2H3,(H,15,18). The number of phenolic OH excluding ortho intramolecular Hbond substituents is 1. The third-order valence-corrected chi connectivity index (χ3v) is 2.94. The van der Waals surface area contributed by atoms with E-state index in [1.54, 1.807) is 18.2 Å². The van der Waals surface area contributed by atoms with Crippen LogP contribution < -0.4 is 5.32 Å². The minimum Gasteiger partial charge on any atom is -0.508 e. The number of nitrogens with zero attached hydrogens (tertiary/aromatic N) is 1. The predicted octanol–water partition coefficient (Wildman–Crippen LogP) is 1.85. The second kappa shape index (κ2) is 7.71. The molecule has 0 unspecified atom stereocenters. The van der Waals surface area contributed by atoms with E-state index in [4.69, 9.17) is 0 Å². The summed E-state index contributed by atoms with van der Waals surface area (Å²) in [6.45, 7) is 8.00. The van der Waals surface area contributed by atoms with E-state index in [1.807, 2.05) is 0 Å². The van der Waals surface area contributed by atoms with Gasteiger partial charge in [-0.2, -0.15) is 0 Å². The molecular weight excluding hydrogens is 228 g/mol. The number of carbonyl (C=O) groups is 1. The van der Waals surface area contributed by atoms with Gasteiger partial charge in [0.15, 0.2) is 0 Å². The van der Waals surface area contributed by atoms with Crippen LogP contribution >= 0.6 is 0 Å². The van der Waals surface area contributed by atoms with Gasteiger partial charge in [0.2, 0.25) is 0 Å². The molecule has 2 N–H and O–H groups in total. The summed E-state index contributed by atoms with van der Waals surface area (Å²) in [5.41, 5.74) is 0.498. The van der Waals surface area contributed by atoms with Crippen LogP contribution in [0.15, 0.2) is 24.3 Å². The molecule has 0 aliphatic heterocycles. The van der Waals surface area contributed by atoms with Crippen LogP contribution in [0.4, 0.5) is 0 Å². The van der Waals surface area contributed by atoms with Crippen molar-refractivity contribution in [3.8, 4) is 5.75 Å². The Balaban J connectivity index is 2.29. The minimum absolute atomic E-state index is 0.116. The molecule has 1 aromatic rings. The summed E-state index contributed by atoms with van der Waals surface area (Å²) in [5, 5.41) is 12.1. The highest BCUT2D eigenvalue weighted by atomic mass is 16.3. The van der Waals surface area contributed by atoms with Gasteiger partial charge in [0.1, 0.15) is 5.75 Å². The van der Waals surface area contributed by atoms with Crippen molar-refractivity contribution < 1.29 is 9.90 Å². The highest BCUT2D eigenvalue weighted by molar-refractivity contribution is 5.94. The Bertz CT molecular complexity index is 376. The molecule has 4 heteroatoms. The summed E-state index contributed by atoms with van der Waals surface area (Å²) in [5.74, 6) is -0.0174. The average molecular weight is 250 g/mol. The molecule has 0 radical (unpaired) electrons. The number of rotatable bonds is 7. The Morgan fingerprint density at radius 2 is 2.06 bits per heavy atom. The lowest BCUT2D eigenvalue weighted by Crippen LogP contribution is -2.29. The summed E-state index contributed by atoms with van der Waals surface area (Å²) >= 11 is 0. The zero-order valence-electron chi connectivity index (χ0n) is 11.1. The molecule has 0 aromatic heterocycles. The molecule has 100 valence electrons. The molecule has 0 heterocycles. The third kappa shape index (κ3) is 4.75. The van der Waals surface area contributed by atoms with Crippen LogP contribution in [0.25, 0.3) is 0 Å². The molecule has 18 heavy (non-hydrogen) atoms. The van der Waals surface area contributed by atoms with Crippen LogP contribution in [0.5, 0.6) is 5.75 Å². The number of benzene rings is 1. The van der Waals surface area contributed by atoms with Crippen molar-refractivity contribution in [2.45, 2.75) is 20.3 Å². The van der Waals surface area contributed by atoms with Crippen LogP contribution in [0, 0.1) is 0 Å². The molecule has 0 atom stereocenters. The first kappa shape index (κ1) is 14.5. The zero-order valence-corrected chi connectivity index (χ0v) is 11.1. The van der Waals surface area contributed by atoms with Crippen molar-refractivity contribution in [3.63, 3.8) is 0 Å². The summed E-state index contributed by atoms with van der Waals surface area (Å²) < 4.78 is 0. The van der Waals surface area contributed by atoms with E-state index >= 15 is 0 Å². The van der Waals surface area contributed by atoms with Gasteiger partial charge in [-0.1, -0.05) is 19.9 Å². The number of amides is 1. The minimum atomic E-state index is -0.134. The fourth-order valence-corrected chi connectivity index (χ4v) is 1.79. The van der Waals surface area contributed by atoms with Crippen LogP contribution in [0.2, 0.25) is 0 Å². The van der Waals surface area contributed by atoms with E-state index in [-0.39, 0.29) is 11.7 Å². The van der Waals surface area contributed by atoms with E-state index in [9.17, 15) is 9.90 Å². The summed E-state index contributed by atoms with van der Waals surface area (Å²) in [6, 6.07) is 6.39. The predicted molar refractivity (Wildman–Crippen MR) is 72.8 cm³/mol. The number of aromatic hydroxyl groups is 1. The summed E-state index contributed by atoms with van der Waals surface area (Å²) in [4.78, 5) is 14.1. The summed E-state index contributed by atoms with van der Waals surface area (Å²) in [6.07, 6.45) is 0.937. The first-order valence-corrected chi connectivity index (χ1v) is 6.47. The van der Waals surface area contributed by atoms with Gasteiger partial charge in [-0.25, -0.2) is 0 Å². The number of nitrogens with one attached hydrogen (secondary N) is 1. The Morgan fingerprint density at radius 3 is 2.67 bits per heavy atom. The maximum Gasteiger partial charge on any atom is 0.251 e. The second-order valence-electron chi connectivity index (χ2n) is 4.19. The lowest BCUT2D eigenvalue weighted by molar-refractivity contribution is 0.0951. The van der Waals surface area contributed by atoms with Crippen LogP contribution in [-0.4, -0.2) is 42.1 Å². The first-order chi connectivity index (χ1) is 8.67. The highest BCUT2D eigenvalue weighted by Gasteiger charge is 2.05.